The van der Waals surface area contributed by atoms with Crippen LogP contribution in [0.1, 0.15) is 51.0 Å². The van der Waals surface area contributed by atoms with Gasteiger partial charge >= 0.3 is 5.97 Å². The number of esters is 1. The number of unbranched alkanes of at least 4 members (excludes halogenated alkanes) is 5. The van der Waals surface area contributed by atoms with E-state index in [9.17, 15) is 4.79 Å². The van der Waals surface area contributed by atoms with Crippen LogP contribution in [-0.2, 0) is 9.53 Å². The van der Waals surface area contributed by atoms with E-state index < -0.39 is 0 Å². The summed E-state index contributed by atoms with van der Waals surface area (Å²) in [4.78, 5) is 11.6. The Hall–Kier alpha value is -1.77. The molecule has 0 aliphatic carbocycles. The molecule has 0 unspecified atom stereocenters. The smallest absolute Gasteiger partial charge is 0.330 e. The highest BCUT2D eigenvalue weighted by Crippen LogP contribution is 2.13. The second kappa shape index (κ2) is 11.0. The highest BCUT2D eigenvalue weighted by Gasteiger charge is 1.98. The summed E-state index contributed by atoms with van der Waals surface area (Å²) in [5, 5.41) is 0. The van der Waals surface area contributed by atoms with Gasteiger partial charge in [0.25, 0.3) is 0 Å². The van der Waals surface area contributed by atoms with Crippen LogP contribution in [0.3, 0.4) is 0 Å². The Kier molecular flexibility index (Phi) is 9.01. The third kappa shape index (κ3) is 8.18. The van der Waals surface area contributed by atoms with Crippen LogP contribution in [0.25, 0.3) is 6.08 Å². The van der Waals surface area contributed by atoms with Crippen LogP contribution in [0.5, 0.6) is 5.75 Å². The second-order valence-corrected chi connectivity index (χ2v) is 5.05. The summed E-state index contributed by atoms with van der Waals surface area (Å²) in [6.45, 7) is 2.71. The molecule has 0 atom stereocenters. The van der Waals surface area contributed by atoms with Crippen molar-refractivity contribution < 1.29 is 14.3 Å². The number of methoxy groups -OCH3 is 1. The van der Waals surface area contributed by atoms with Crippen molar-refractivity contribution in [1.82, 2.24) is 0 Å². The van der Waals surface area contributed by atoms with Crippen molar-refractivity contribution in [2.45, 2.75) is 45.4 Å². The van der Waals surface area contributed by atoms with Crippen molar-refractivity contribution in [3.05, 3.63) is 35.9 Å². The van der Waals surface area contributed by atoms with Crippen LogP contribution in [0.4, 0.5) is 0 Å². The van der Waals surface area contributed by atoms with E-state index in [1.165, 1.54) is 31.8 Å². The lowest BCUT2D eigenvalue weighted by Gasteiger charge is -2.02. The first-order chi connectivity index (χ1) is 10.3. The highest BCUT2D eigenvalue weighted by atomic mass is 16.5. The quantitative estimate of drug-likeness (QED) is 0.358. The molecule has 0 aromatic heterocycles. The van der Waals surface area contributed by atoms with Gasteiger partial charge in [0.15, 0.2) is 0 Å². The summed E-state index contributed by atoms with van der Waals surface area (Å²) in [6.07, 6.45) is 10.3. The van der Waals surface area contributed by atoms with Gasteiger partial charge in [-0.3, -0.25) is 0 Å². The molecule has 3 heteroatoms. The molecule has 1 aromatic carbocycles. The Bertz CT molecular complexity index is 438. The van der Waals surface area contributed by atoms with Gasteiger partial charge in [-0.15, -0.1) is 0 Å². The summed E-state index contributed by atoms with van der Waals surface area (Å²) in [5.41, 5.74) is 0.922. The molecule has 0 radical (unpaired) electrons. The van der Waals surface area contributed by atoms with Gasteiger partial charge in [0.1, 0.15) is 5.75 Å². The van der Waals surface area contributed by atoms with E-state index in [2.05, 4.69) is 6.92 Å². The molecule has 0 fully saturated rings. The Balaban J connectivity index is 2.19. The van der Waals surface area contributed by atoms with Gasteiger partial charge < -0.3 is 9.47 Å². The predicted octanol–water partition coefficient (Wildman–Crippen LogP) is 4.61. The molecule has 0 N–H and O–H groups in total. The van der Waals surface area contributed by atoms with Crippen LogP contribution in [0.2, 0.25) is 0 Å². The molecule has 0 heterocycles. The largest absolute Gasteiger partial charge is 0.497 e. The van der Waals surface area contributed by atoms with Crippen LogP contribution < -0.4 is 4.74 Å². The lowest BCUT2D eigenvalue weighted by atomic mass is 10.1. The highest BCUT2D eigenvalue weighted by molar-refractivity contribution is 5.87. The zero-order valence-electron chi connectivity index (χ0n) is 13.1. The maximum atomic E-state index is 11.6. The Morgan fingerprint density at radius 3 is 2.67 bits per heavy atom. The molecule has 0 aliphatic heterocycles. The SMILES string of the molecule is CCCCCCCCOC(=O)C=Cc1cccc(OC)c1. The molecule has 3 nitrogen and oxygen atoms in total. The zero-order valence-corrected chi connectivity index (χ0v) is 13.1. The number of ether oxygens (including phenoxy) is 2. The number of hydrogen-bond donors (Lipinski definition) is 0. The molecule has 0 saturated heterocycles. The van der Waals surface area contributed by atoms with E-state index in [0.717, 1.165) is 24.2 Å². The minimum atomic E-state index is -0.286. The number of rotatable bonds is 10. The molecular formula is C18H26O3. The van der Waals surface area contributed by atoms with E-state index in [1.54, 1.807) is 13.2 Å². The summed E-state index contributed by atoms with van der Waals surface area (Å²) < 4.78 is 10.3. The molecule has 0 aliphatic rings. The first kappa shape index (κ1) is 17.3. The predicted molar refractivity (Wildman–Crippen MR) is 86.4 cm³/mol. The second-order valence-electron chi connectivity index (χ2n) is 5.05. The van der Waals surface area contributed by atoms with E-state index in [-0.39, 0.29) is 5.97 Å². The number of hydrogen-bond acceptors (Lipinski definition) is 3. The molecular weight excluding hydrogens is 264 g/mol. The number of benzene rings is 1. The van der Waals surface area contributed by atoms with Crippen LogP contribution in [0.15, 0.2) is 30.3 Å². The van der Waals surface area contributed by atoms with Crippen molar-refractivity contribution in [3.63, 3.8) is 0 Å². The molecule has 1 aromatic rings. The van der Waals surface area contributed by atoms with Gasteiger partial charge in [0.05, 0.1) is 13.7 Å². The van der Waals surface area contributed by atoms with Gasteiger partial charge in [0, 0.05) is 6.08 Å². The summed E-state index contributed by atoms with van der Waals surface area (Å²) in [5.74, 6) is 0.490. The first-order valence-corrected chi connectivity index (χ1v) is 7.75. The van der Waals surface area contributed by atoms with E-state index in [4.69, 9.17) is 9.47 Å². The maximum Gasteiger partial charge on any atom is 0.330 e. The molecule has 1 rings (SSSR count). The zero-order chi connectivity index (χ0) is 15.3. The Morgan fingerprint density at radius 1 is 1.14 bits per heavy atom. The summed E-state index contributed by atoms with van der Waals surface area (Å²) >= 11 is 0. The van der Waals surface area contributed by atoms with Crippen LogP contribution in [-0.4, -0.2) is 19.7 Å². The number of carbonyl (C=O) groups excluding carboxylic acids is 1. The molecule has 116 valence electrons. The normalized spacial score (nSPS) is 10.8. The van der Waals surface area contributed by atoms with Gasteiger partial charge in [-0.05, 0) is 30.2 Å². The monoisotopic (exact) mass is 290 g/mol. The van der Waals surface area contributed by atoms with Crippen molar-refractivity contribution in [3.8, 4) is 5.75 Å². The topological polar surface area (TPSA) is 35.5 Å². The van der Waals surface area contributed by atoms with Gasteiger partial charge in [-0.1, -0.05) is 51.2 Å². The summed E-state index contributed by atoms with van der Waals surface area (Å²) in [6, 6.07) is 7.55. The summed E-state index contributed by atoms with van der Waals surface area (Å²) in [7, 11) is 1.62. The van der Waals surface area contributed by atoms with Crippen molar-refractivity contribution in [2.75, 3.05) is 13.7 Å². The molecule has 21 heavy (non-hydrogen) atoms. The minimum Gasteiger partial charge on any atom is -0.497 e. The fourth-order valence-corrected chi connectivity index (χ4v) is 2.01. The van der Waals surface area contributed by atoms with Gasteiger partial charge in [-0.25, -0.2) is 4.79 Å². The minimum absolute atomic E-state index is 0.286. The van der Waals surface area contributed by atoms with E-state index >= 15 is 0 Å². The van der Waals surface area contributed by atoms with Crippen LogP contribution in [0, 0.1) is 0 Å². The molecule has 0 amide bonds. The maximum absolute atomic E-state index is 11.6. The van der Waals surface area contributed by atoms with Gasteiger partial charge in [-0.2, -0.15) is 0 Å². The van der Waals surface area contributed by atoms with E-state index in [1.807, 2.05) is 24.3 Å². The standard InChI is InChI=1S/C18H26O3/c1-3-4-5-6-7-8-14-21-18(19)13-12-16-10-9-11-17(15-16)20-2/h9-13,15H,3-8,14H2,1-2H3. The Labute approximate surface area is 128 Å². The average Bonchev–Trinajstić information content (AvgIpc) is 2.52. The fourth-order valence-electron chi connectivity index (χ4n) is 2.01. The first-order valence-electron chi connectivity index (χ1n) is 7.75. The number of carbonyl (C=O) groups is 1. The van der Waals surface area contributed by atoms with Gasteiger partial charge in [0.2, 0.25) is 0 Å². The third-order valence-electron chi connectivity index (χ3n) is 3.25. The lowest BCUT2D eigenvalue weighted by Crippen LogP contribution is -2.02. The average molecular weight is 290 g/mol. The lowest BCUT2D eigenvalue weighted by molar-refractivity contribution is -0.137. The van der Waals surface area contributed by atoms with Crippen molar-refractivity contribution >= 4 is 12.0 Å². The molecule has 0 spiro atoms. The van der Waals surface area contributed by atoms with Crippen molar-refractivity contribution in [2.24, 2.45) is 0 Å². The molecule has 0 saturated carbocycles. The Morgan fingerprint density at radius 2 is 1.90 bits per heavy atom. The van der Waals surface area contributed by atoms with Crippen LogP contribution >= 0.6 is 0 Å². The van der Waals surface area contributed by atoms with E-state index in [0.29, 0.717) is 6.61 Å². The fraction of sp³-hybridized carbons (Fsp3) is 0.500. The third-order valence-corrected chi connectivity index (χ3v) is 3.25. The van der Waals surface area contributed by atoms with Crippen molar-refractivity contribution in [1.29, 1.82) is 0 Å². The molecule has 0 bridgehead atoms.